The van der Waals surface area contributed by atoms with Crippen molar-refractivity contribution in [3.05, 3.63) is 90.0 Å². The molecule has 5 rings (SSSR count). The maximum atomic E-state index is 6.42. The highest BCUT2D eigenvalue weighted by atomic mass is 32.2. The second kappa shape index (κ2) is 9.92. The lowest BCUT2D eigenvalue weighted by Crippen LogP contribution is -2.18. The smallest absolute Gasteiger partial charge is 0.247 e. The zero-order chi connectivity index (χ0) is 22.5. The summed E-state index contributed by atoms with van der Waals surface area (Å²) in [5, 5.41) is 13.0. The molecule has 1 aromatic heterocycles. The normalized spacial score (nSPS) is 14.3. The summed E-state index contributed by atoms with van der Waals surface area (Å²) in [6, 6.07) is 26.1. The molecule has 3 aromatic carbocycles. The Morgan fingerprint density at radius 3 is 2.61 bits per heavy atom. The number of nitrogens with one attached hydrogen (secondary N) is 1. The molecule has 7 heteroatoms. The number of anilines is 1. The number of hydrogen-bond donors (Lipinski definition) is 1. The monoisotopic (exact) mass is 456 g/mol. The molecule has 4 aromatic rings. The van der Waals surface area contributed by atoms with Crippen molar-refractivity contribution in [2.45, 2.75) is 30.5 Å². The largest absolute Gasteiger partial charge is 0.493 e. The molecule has 0 unspecified atom stereocenters. The topological polar surface area (TPSA) is 69.2 Å². The lowest BCUT2D eigenvalue weighted by atomic mass is 10.1. The molecule has 1 atom stereocenters. The molecular weight excluding hydrogens is 432 g/mol. The molecule has 33 heavy (non-hydrogen) atoms. The molecule has 6 nitrogen and oxygen atoms in total. The van der Waals surface area contributed by atoms with Gasteiger partial charge in [0.25, 0.3) is 0 Å². The van der Waals surface area contributed by atoms with Gasteiger partial charge in [-0.05, 0) is 30.2 Å². The first-order chi connectivity index (χ1) is 16.3. The molecule has 1 aliphatic heterocycles. The lowest BCUT2D eigenvalue weighted by molar-refractivity contribution is 0.215. The highest BCUT2D eigenvalue weighted by Crippen LogP contribution is 2.41. The highest BCUT2D eigenvalue weighted by Gasteiger charge is 2.27. The molecule has 0 saturated heterocycles. The van der Waals surface area contributed by atoms with Gasteiger partial charge in [0.1, 0.15) is 5.75 Å². The number of para-hydroxylation sites is 2. The SMILES string of the molecule is CCCOc1ccccc1[C@@H]1Nc2ccccc2-c2nnc(SCc3ccccc3)nc2O1. The van der Waals surface area contributed by atoms with Crippen LogP contribution in [0.25, 0.3) is 11.3 Å². The summed E-state index contributed by atoms with van der Waals surface area (Å²) >= 11 is 1.54. The molecule has 0 bridgehead atoms. The Bertz CT molecular complexity index is 1240. The van der Waals surface area contributed by atoms with Crippen molar-refractivity contribution in [2.75, 3.05) is 11.9 Å². The first-order valence-corrected chi connectivity index (χ1v) is 12.0. The third-order valence-corrected chi connectivity index (χ3v) is 6.12. The summed E-state index contributed by atoms with van der Waals surface area (Å²) < 4.78 is 12.4. The van der Waals surface area contributed by atoms with Gasteiger partial charge in [-0.1, -0.05) is 79.3 Å². The van der Waals surface area contributed by atoms with Crippen LogP contribution in [0, 0.1) is 0 Å². The average Bonchev–Trinajstić information content (AvgIpc) is 3.03. The van der Waals surface area contributed by atoms with Gasteiger partial charge in [-0.3, -0.25) is 0 Å². The summed E-state index contributed by atoms with van der Waals surface area (Å²) in [6.45, 7) is 2.73. The van der Waals surface area contributed by atoms with Gasteiger partial charge in [0.15, 0.2) is 5.69 Å². The molecule has 1 N–H and O–H groups in total. The first kappa shape index (κ1) is 21.3. The summed E-state index contributed by atoms with van der Waals surface area (Å²) in [5.41, 5.74) is 4.55. The van der Waals surface area contributed by atoms with Crippen LogP contribution in [0.4, 0.5) is 5.69 Å². The molecule has 0 radical (unpaired) electrons. The van der Waals surface area contributed by atoms with E-state index in [1.165, 1.54) is 17.3 Å². The number of rotatable bonds is 7. The quantitative estimate of drug-likeness (QED) is 0.336. The van der Waals surface area contributed by atoms with E-state index in [1.54, 1.807) is 0 Å². The molecule has 2 heterocycles. The van der Waals surface area contributed by atoms with Crippen molar-refractivity contribution in [1.29, 1.82) is 0 Å². The minimum atomic E-state index is -0.482. The van der Waals surface area contributed by atoms with Crippen LogP contribution in [0.5, 0.6) is 11.6 Å². The van der Waals surface area contributed by atoms with E-state index >= 15 is 0 Å². The van der Waals surface area contributed by atoms with Gasteiger partial charge in [0, 0.05) is 17.0 Å². The number of fused-ring (bicyclic) bond motifs is 3. The van der Waals surface area contributed by atoms with Gasteiger partial charge in [0.05, 0.1) is 12.2 Å². The number of thioether (sulfide) groups is 1. The van der Waals surface area contributed by atoms with E-state index in [0.717, 1.165) is 34.7 Å². The van der Waals surface area contributed by atoms with Crippen LogP contribution in [0.2, 0.25) is 0 Å². The Morgan fingerprint density at radius 2 is 1.73 bits per heavy atom. The van der Waals surface area contributed by atoms with E-state index in [9.17, 15) is 0 Å². The van der Waals surface area contributed by atoms with E-state index < -0.39 is 6.23 Å². The average molecular weight is 457 g/mol. The Morgan fingerprint density at radius 1 is 0.939 bits per heavy atom. The predicted molar refractivity (Wildman–Crippen MR) is 130 cm³/mol. The van der Waals surface area contributed by atoms with Gasteiger partial charge in [-0.25, -0.2) is 0 Å². The Labute approximate surface area is 197 Å². The molecule has 0 amide bonds. The van der Waals surface area contributed by atoms with E-state index in [2.05, 4.69) is 34.6 Å². The van der Waals surface area contributed by atoms with Crippen molar-refractivity contribution >= 4 is 17.4 Å². The number of nitrogens with zero attached hydrogens (tertiary/aromatic N) is 3. The van der Waals surface area contributed by atoms with Crippen LogP contribution in [-0.2, 0) is 5.75 Å². The summed E-state index contributed by atoms with van der Waals surface area (Å²) in [6.07, 6.45) is 0.446. The number of ether oxygens (including phenoxy) is 2. The van der Waals surface area contributed by atoms with Gasteiger partial charge in [-0.2, -0.15) is 4.98 Å². The second-order valence-corrected chi connectivity index (χ2v) is 8.54. The maximum absolute atomic E-state index is 6.42. The summed E-state index contributed by atoms with van der Waals surface area (Å²) in [4.78, 5) is 4.74. The van der Waals surface area contributed by atoms with Crippen LogP contribution < -0.4 is 14.8 Å². The minimum Gasteiger partial charge on any atom is -0.493 e. The van der Waals surface area contributed by atoms with Crippen molar-refractivity contribution in [1.82, 2.24) is 15.2 Å². The third kappa shape index (κ3) is 4.78. The zero-order valence-corrected chi connectivity index (χ0v) is 19.1. The van der Waals surface area contributed by atoms with E-state index in [1.807, 2.05) is 66.7 Å². The molecule has 166 valence electrons. The van der Waals surface area contributed by atoms with Gasteiger partial charge < -0.3 is 14.8 Å². The van der Waals surface area contributed by atoms with E-state index in [4.69, 9.17) is 14.5 Å². The Kier molecular flexibility index (Phi) is 6.39. The second-order valence-electron chi connectivity index (χ2n) is 7.60. The maximum Gasteiger partial charge on any atom is 0.247 e. The molecular formula is C26H24N4O2S. The zero-order valence-electron chi connectivity index (χ0n) is 18.3. The van der Waals surface area contributed by atoms with Gasteiger partial charge in [0.2, 0.25) is 17.3 Å². The minimum absolute atomic E-state index is 0.452. The Balaban J connectivity index is 1.50. The number of benzene rings is 3. The van der Waals surface area contributed by atoms with Crippen molar-refractivity contribution < 1.29 is 9.47 Å². The van der Waals surface area contributed by atoms with Crippen LogP contribution in [-0.4, -0.2) is 21.8 Å². The molecule has 0 aliphatic carbocycles. The fraction of sp³-hybridized carbons (Fsp3) is 0.192. The van der Waals surface area contributed by atoms with Crippen LogP contribution in [0.1, 0.15) is 30.7 Å². The first-order valence-electron chi connectivity index (χ1n) is 11.0. The molecule has 0 fully saturated rings. The Hall–Kier alpha value is -3.58. The highest BCUT2D eigenvalue weighted by molar-refractivity contribution is 7.98. The van der Waals surface area contributed by atoms with Crippen LogP contribution >= 0.6 is 11.8 Å². The molecule has 0 saturated carbocycles. The summed E-state index contributed by atoms with van der Waals surface area (Å²) in [5.74, 6) is 2.00. The number of hydrogen-bond acceptors (Lipinski definition) is 7. The van der Waals surface area contributed by atoms with E-state index in [-0.39, 0.29) is 0 Å². The molecule has 1 aliphatic rings. The summed E-state index contributed by atoms with van der Waals surface area (Å²) in [7, 11) is 0. The third-order valence-electron chi connectivity index (χ3n) is 5.21. The fourth-order valence-electron chi connectivity index (χ4n) is 3.61. The predicted octanol–water partition coefficient (Wildman–Crippen LogP) is 6.12. The fourth-order valence-corrected chi connectivity index (χ4v) is 4.35. The molecule has 0 spiro atoms. The lowest BCUT2D eigenvalue weighted by Gasteiger charge is -2.21. The van der Waals surface area contributed by atoms with Crippen molar-refractivity contribution in [3.8, 4) is 22.9 Å². The van der Waals surface area contributed by atoms with Gasteiger partial charge >= 0.3 is 0 Å². The van der Waals surface area contributed by atoms with E-state index in [0.29, 0.717) is 23.3 Å². The van der Waals surface area contributed by atoms with Gasteiger partial charge in [-0.15, -0.1) is 10.2 Å². The van der Waals surface area contributed by atoms with Crippen molar-refractivity contribution in [3.63, 3.8) is 0 Å². The standard InChI is InChI=1S/C26H24N4O2S/c1-2-16-31-22-15-9-7-13-20(22)24-27-21-14-8-6-12-19(21)23-25(32-24)28-26(30-29-23)33-17-18-10-4-3-5-11-18/h3-15,24,27H,2,16-17H2,1H3/t24-/m1/s1. The van der Waals surface area contributed by atoms with Crippen molar-refractivity contribution in [2.24, 2.45) is 0 Å². The van der Waals surface area contributed by atoms with Crippen LogP contribution in [0.15, 0.2) is 84.0 Å². The number of aromatic nitrogens is 3. The van der Waals surface area contributed by atoms with Crippen LogP contribution in [0.3, 0.4) is 0 Å².